The predicted molar refractivity (Wildman–Crippen MR) is 115 cm³/mol. The van der Waals surface area contributed by atoms with Gasteiger partial charge in [0.25, 0.3) is 5.91 Å². The van der Waals surface area contributed by atoms with Gasteiger partial charge in [-0.2, -0.15) is 0 Å². The summed E-state index contributed by atoms with van der Waals surface area (Å²) in [5.74, 6) is 0.233. The van der Waals surface area contributed by atoms with Gasteiger partial charge in [-0.05, 0) is 51.9 Å². The fraction of sp³-hybridized carbons (Fsp3) is 0.682. The van der Waals surface area contributed by atoms with Crippen LogP contribution >= 0.6 is 11.3 Å². The standard InChI is InChI=1S/C22H32N4OS/c1-23-8-6-19(7-9-23)24-10-12-25(13-11-24)22(27)20-14-17-15-26(16-21(17)28-20)18-4-2-3-5-18/h14-16,18-19H,2-13H2,1H3. The van der Waals surface area contributed by atoms with Crippen molar-refractivity contribution in [2.24, 2.45) is 0 Å². The van der Waals surface area contributed by atoms with Gasteiger partial charge in [-0.3, -0.25) is 9.69 Å². The van der Waals surface area contributed by atoms with Crippen LogP contribution in [-0.4, -0.2) is 77.5 Å². The first-order valence-corrected chi connectivity index (χ1v) is 11.8. The second-order valence-corrected chi connectivity index (χ2v) is 10.0. The Kier molecular flexibility index (Phi) is 5.20. The van der Waals surface area contributed by atoms with Crippen molar-refractivity contribution in [3.05, 3.63) is 23.3 Å². The second-order valence-electron chi connectivity index (χ2n) is 8.94. The van der Waals surface area contributed by atoms with Crippen LogP contribution in [0, 0.1) is 0 Å². The van der Waals surface area contributed by atoms with E-state index in [4.69, 9.17) is 0 Å². The number of fused-ring (bicyclic) bond motifs is 1. The number of rotatable bonds is 3. The Morgan fingerprint density at radius 2 is 1.64 bits per heavy atom. The number of piperazine rings is 1. The number of hydrogen-bond donors (Lipinski definition) is 0. The lowest BCUT2D eigenvalue weighted by atomic mass is 10.0. The Labute approximate surface area is 171 Å². The molecule has 2 aromatic heterocycles. The van der Waals surface area contributed by atoms with Crippen LogP contribution < -0.4 is 0 Å². The van der Waals surface area contributed by atoms with E-state index in [2.05, 4.69) is 44.8 Å². The van der Waals surface area contributed by atoms with Crippen LogP contribution in [0.3, 0.4) is 0 Å². The summed E-state index contributed by atoms with van der Waals surface area (Å²) in [6.45, 7) is 6.20. The quantitative estimate of drug-likeness (QED) is 0.788. The summed E-state index contributed by atoms with van der Waals surface area (Å²) in [5, 5.41) is 1.24. The number of aromatic nitrogens is 1. The van der Waals surface area contributed by atoms with Crippen molar-refractivity contribution in [1.82, 2.24) is 19.3 Å². The van der Waals surface area contributed by atoms with Crippen molar-refractivity contribution in [2.75, 3.05) is 46.3 Å². The highest BCUT2D eigenvalue weighted by Crippen LogP contribution is 2.34. The van der Waals surface area contributed by atoms with E-state index in [0.717, 1.165) is 31.1 Å². The van der Waals surface area contributed by atoms with Crippen LogP contribution in [0.25, 0.3) is 10.1 Å². The molecule has 0 radical (unpaired) electrons. The number of amides is 1. The molecule has 5 nitrogen and oxygen atoms in total. The van der Waals surface area contributed by atoms with E-state index in [9.17, 15) is 4.79 Å². The van der Waals surface area contributed by atoms with E-state index in [1.807, 2.05) is 0 Å². The zero-order valence-electron chi connectivity index (χ0n) is 17.0. The fourth-order valence-electron chi connectivity index (χ4n) is 5.28. The highest BCUT2D eigenvalue weighted by atomic mass is 32.1. The van der Waals surface area contributed by atoms with Crippen LogP contribution in [0.5, 0.6) is 0 Å². The van der Waals surface area contributed by atoms with Crippen molar-refractivity contribution in [3.63, 3.8) is 0 Å². The first-order chi connectivity index (χ1) is 13.7. The Bertz CT molecular complexity index is 789. The maximum Gasteiger partial charge on any atom is 0.264 e. The Hall–Kier alpha value is -1.37. The Morgan fingerprint density at radius 3 is 2.32 bits per heavy atom. The smallest absolute Gasteiger partial charge is 0.264 e. The monoisotopic (exact) mass is 400 g/mol. The van der Waals surface area contributed by atoms with Crippen molar-refractivity contribution in [3.8, 4) is 0 Å². The van der Waals surface area contributed by atoms with Gasteiger partial charge in [0.15, 0.2) is 0 Å². The number of thiophene rings is 1. The fourth-order valence-corrected chi connectivity index (χ4v) is 6.32. The third-order valence-electron chi connectivity index (χ3n) is 7.11. The number of hydrogen-bond acceptors (Lipinski definition) is 4. The third-order valence-corrected chi connectivity index (χ3v) is 8.18. The van der Waals surface area contributed by atoms with E-state index in [0.29, 0.717) is 12.1 Å². The summed E-state index contributed by atoms with van der Waals surface area (Å²) in [4.78, 5) is 21.1. The van der Waals surface area contributed by atoms with Crippen LogP contribution in [0.15, 0.2) is 18.5 Å². The van der Waals surface area contributed by atoms with Gasteiger partial charge in [0.2, 0.25) is 0 Å². The molecule has 0 spiro atoms. The molecule has 0 bridgehead atoms. The highest BCUT2D eigenvalue weighted by molar-refractivity contribution is 7.20. The topological polar surface area (TPSA) is 31.7 Å². The van der Waals surface area contributed by atoms with Gasteiger partial charge in [0.1, 0.15) is 0 Å². The van der Waals surface area contributed by atoms with Gasteiger partial charge in [0, 0.05) is 56.0 Å². The molecule has 2 saturated heterocycles. The van der Waals surface area contributed by atoms with Gasteiger partial charge >= 0.3 is 0 Å². The summed E-state index contributed by atoms with van der Waals surface area (Å²) < 4.78 is 3.66. The van der Waals surface area contributed by atoms with E-state index in [1.54, 1.807) is 11.3 Å². The average Bonchev–Trinajstić information content (AvgIpc) is 3.44. The molecule has 0 aromatic carbocycles. The Balaban J connectivity index is 1.20. The van der Waals surface area contributed by atoms with Crippen LogP contribution in [0.4, 0.5) is 0 Å². The number of carbonyl (C=O) groups is 1. The highest BCUT2D eigenvalue weighted by Gasteiger charge is 2.29. The molecule has 4 heterocycles. The lowest BCUT2D eigenvalue weighted by molar-refractivity contribution is 0.0479. The molecule has 1 amide bonds. The lowest BCUT2D eigenvalue weighted by Crippen LogP contribution is -2.54. The van der Waals surface area contributed by atoms with Gasteiger partial charge in [0.05, 0.1) is 9.58 Å². The third kappa shape index (κ3) is 3.62. The molecule has 1 aliphatic carbocycles. The molecule has 28 heavy (non-hydrogen) atoms. The van der Waals surface area contributed by atoms with E-state index in [1.165, 1.54) is 61.7 Å². The SMILES string of the molecule is CN1CCC(N2CCN(C(=O)c3cc4cn(C5CCCC5)cc4s3)CC2)CC1. The lowest BCUT2D eigenvalue weighted by Gasteiger charge is -2.42. The molecule has 1 saturated carbocycles. The minimum Gasteiger partial charge on any atom is -0.349 e. The van der Waals surface area contributed by atoms with Crippen molar-refractivity contribution in [2.45, 2.75) is 50.6 Å². The molecule has 0 unspecified atom stereocenters. The zero-order valence-corrected chi connectivity index (χ0v) is 17.8. The van der Waals surface area contributed by atoms with Crippen molar-refractivity contribution < 1.29 is 4.79 Å². The molecule has 3 aliphatic rings. The number of likely N-dealkylation sites (tertiary alicyclic amines) is 1. The largest absolute Gasteiger partial charge is 0.349 e. The molecule has 6 heteroatoms. The number of carbonyl (C=O) groups excluding carboxylic acids is 1. The van der Waals surface area contributed by atoms with Gasteiger partial charge < -0.3 is 14.4 Å². The molecule has 0 N–H and O–H groups in total. The maximum absolute atomic E-state index is 13.0. The molecular weight excluding hydrogens is 368 g/mol. The minimum atomic E-state index is 0.233. The molecule has 152 valence electrons. The van der Waals surface area contributed by atoms with Crippen LogP contribution in [-0.2, 0) is 0 Å². The number of piperidine rings is 1. The molecule has 5 rings (SSSR count). The molecule has 3 fully saturated rings. The maximum atomic E-state index is 13.0. The normalized spacial score (nSPS) is 23.8. The Morgan fingerprint density at radius 1 is 0.929 bits per heavy atom. The first kappa shape index (κ1) is 18.6. The van der Waals surface area contributed by atoms with Crippen LogP contribution in [0.1, 0.15) is 54.2 Å². The first-order valence-electron chi connectivity index (χ1n) is 11.0. The number of nitrogens with zero attached hydrogens (tertiary/aromatic N) is 4. The second kappa shape index (κ2) is 7.81. The summed E-state index contributed by atoms with van der Waals surface area (Å²) in [6, 6.07) is 3.51. The van der Waals surface area contributed by atoms with Gasteiger partial charge in [-0.15, -0.1) is 11.3 Å². The van der Waals surface area contributed by atoms with E-state index < -0.39 is 0 Å². The molecular formula is C22H32N4OS. The summed E-state index contributed by atoms with van der Waals surface area (Å²) >= 11 is 1.68. The van der Waals surface area contributed by atoms with Gasteiger partial charge in [-0.25, -0.2) is 0 Å². The minimum absolute atomic E-state index is 0.233. The molecule has 0 atom stereocenters. The van der Waals surface area contributed by atoms with Crippen molar-refractivity contribution in [1.29, 1.82) is 0 Å². The van der Waals surface area contributed by atoms with E-state index in [-0.39, 0.29) is 5.91 Å². The molecule has 2 aliphatic heterocycles. The predicted octanol–water partition coefficient (Wildman–Crippen LogP) is 3.67. The average molecular weight is 401 g/mol. The van der Waals surface area contributed by atoms with Crippen molar-refractivity contribution >= 4 is 27.3 Å². The summed E-state index contributed by atoms with van der Waals surface area (Å²) in [5.41, 5.74) is 0. The zero-order chi connectivity index (χ0) is 19.1. The summed E-state index contributed by atoms with van der Waals surface area (Å²) in [6.07, 6.45) is 12.4. The molecule has 2 aromatic rings. The van der Waals surface area contributed by atoms with Crippen LogP contribution in [0.2, 0.25) is 0 Å². The van der Waals surface area contributed by atoms with E-state index >= 15 is 0 Å². The van der Waals surface area contributed by atoms with Gasteiger partial charge in [-0.1, -0.05) is 12.8 Å². The summed E-state index contributed by atoms with van der Waals surface area (Å²) in [7, 11) is 2.22.